The molecule has 2 rings (SSSR count). The van der Waals surface area contributed by atoms with Crippen molar-refractivity contribution in [3.63, 3.8) is 0 Å². The van der Waals surface area contributed by atoms with Crippen LogP contribution in [0.15, 0.2) is 27.1 Å². The van der Waals surface area contributed by atoms with E-state index in [2.05, 4.69) is 31.9 Å². The zero-order valence-electron chi connectivity index (χ0n) is 13.1. The quantitative estimate of drug-likeness (QED) is 0.703. The molecule has 0 spiro atoms. The second kappa shape index (κ2) is 6.89. The van der Waals surface area contributed by atoms with Crippen molar-refractivity contribution in [2.24, 2.45) is 5.73 Å². The van der Waals surface area contributed by atoms with E-state index in [-0.39, 0.29) is 18.2 Å². The number of benzene rings is 1. The van der Waals surface area contributed by atoms with Crippen molar-refractivity contribution in [1.29, 1.82) is 0 Å². The number of nitrogens with two attached hydrogens (primary N) is 1. The van der Waals surface area contributed by atoms with Crippen LogP contribution in [0.1, 0.15) is 45.2 Å². The second-order valence-corrected chi connectivity index (χ2v) is 8.36. The van der Waals surface area contributed by atoms with Crippen LogP contribution < -0.4 is 5.73 Å². The number of amides is 1. The van der Waals surface area contributed by atoms with Crippen LogP contribution in [0.5, 0.6) is 0 Å². The lowest BCUT2D eigenvalue weighted by Crippen LogP contribution is -2.46. The Kier molecular flexibility index (Phi) is 5.56. The number of halogens is 2. The van der Waals surface area contributed by atoms with Crippen molar-refractivity contribution in [2.75, 3.05) is 6.54 Å². The number of ether oxygens (including phenoxy) is 1. The first-order valence-electron chi connectivity index (χ1n) is 7.37. The predicted octanol–water partition coefficient (Wildman–Crippen LogP) is 4.61. The topological polar surface area (TPSA) is 55.6 Å². The number of piperidine rings is 1. The van der Waals surface area contributed by atoms with Gasteiger partial charge in [0.05, 0.1) is 6.04 Å². The van der Waals surface area contributed by atoms with Crippen molar-refractivity contribution >= 4 is 38.0 Å². The van der Waals surface area contributed by atoms with E-state index in [1.54, 1.807) is 4.90 Å². The van der Waals surface area contributed by atoms with Crippen LogP contribution in [-0.4, -0.2) is 29.2 Å². The lowest BCUT2D eigenvalue weighted by atomic mass is 9.92. The van der Waals surface area contributed by atoms with Crippen LogP contribution in [0.3, 0.4) is 0 Å². The first kappa shape index (κ1) is 17.8. The molecule has 1 amide bonds. The summed E-state index contributed by atoms with van der Waals surface area (Å²) in [6.45, 7) is 6.26. The summed E-state index contributed by atoms with van der Waals surface area (Å²) in [6, 6.07) is 6.08. The van der Waals surface area contributed by atoms with Gasteiger partial charge in [0, 0.05) is 21.5 Å². The molecule has 0 bridgehead atoms. The number of hydrogen-bond donors (Lipinski definition) is 1. The summed E-state index contributed by atoms with van der Waals surface area (Å²) in [7, 11) is 0. The molecular formula is C16H22Br2N2O2. The van der Waals surface area contributed by atoms with Crippen molar-refractivity contribution in [3.8, 4) is 0 Å². The fourth-order valence-electron chi connectivity index (χ4n) is 2.57. The normalized spacial score (nSPS) is 22.5. The molecule has 0 radical (unpaired) electrons. The molecule has 0 aliphatic carbocycles. The van der Waals surface area contributed by atoms with Gasteiger partial charge in [-0.25, -0.2) is 4.79 Å². The molecule has 1 saturated heterocycles. The van der Waals surface area contributed by atoms with Crippen LogP contribution >= 0.6 is 31.9 Å². The van der Waals surface area contributed by atoms with Gasteiger partial charge in [-0.1, -0.05) is 6.07 Å². The maximum atomic E-state index is 12.5. The fraction of sp³-hybridized carbons (Fsp3) is 0.562. The zero-order chi connectivity index (χ0) is 16.5. The molecule has 0 aromatic heterocycles. The number of hydrogen-bond acceptors (Lipinski definition) is 3. The molecule has 1 aromatic rings. The molecule has 122 valence electrons. The molecule has 4 nitrogen and oxygen atoms in total. The molecule has 2 unspecified atom stereocenters. The third-order valence-corrected chi connectivity index (χ3v) is 5.48. The Labute approximate surface area is 148 Å². The molecule has 1 heterocycles. The highest BCUT2D eigenvalue weighted by Crippen LogP contribution is 2.35. The molecular weight excluding hydrogens is 412 g/mol. The highest BCUT2D eigenvalue weighted by atomic mass is 79.9. The highest BCUT2D eigenvalue weighted by molar-refractivity contribution is 9.13. The second-order valence-electron chi connectivity index (χ2n) is 6.65. The average Bonchev–Trinajstić information content (AvgIpc) is 2.39. The van der Waals surface area contributed by atoms with E-state index in [1.165, 1.54) is 0 Å². The lowest BCUT2D eigenvalue weighted by Gasteiger charge is -2.39. The van der Waals surface area contributed by atoms with Crippen molar-refractivity contribution in [1.82, 2.24) is 4.90 Å². The van der Waals surface area contributed by atoms with Gasteiger partial charge in [0.1, 0.15) is 5.60 Å². The maximum absolute atomic E-state index is 12.5. The Bertz CT molecular complexity index is 558. The van der Waals surface area contributed by atoms with Gasteiger partial charge in [-0.3, -0.25) is 0 Å². The third kappa shape index (κ3) is 4.46. The van der Waals surface area contributed by atoms with E-state index < -0.39 is 5.60 Å². The van der Waals surface area contributed by atoms with Crippen LogP contribution in [0.4, 0.5) is 4.79 Å². The lowest BCUT2D eigenvalue weighted by molar-refractivity contribution is 0.00796. The highest BCUT2D eigenvalue weighted by Gasteiger charge is 2.34. The van der Waals surface area contributed by atoms with E-state index in [1.807, 2.05) is 39.0 Å². The first-order chi connectivity index (χ1) is 10.2. The molecule has 1 aromatic carbocycles. The number of likely N-dealkylation sites (tertiary alicyclic amines) is 1. The van der Waals surface area contributed by atoms with Crippen molar-refractivity contribution in [3.05, 3.63) is 32.7 Å². The minimum absolute atomic E-state index is 0.0528. The van der Waals surface area contributed by atoms with Gasteiger partial charge in [-0.05, 0) is 83.2 Å². The van der Waals surface area contributed by atoms with Crippen LogP contribution in [0.2, 0.25) is 0 Å². The Morgan fingerprint density at radius 2 is 2.00 bits per heavy atom. The Morgan fingerprint density at radius 1 is 1.32 bits per heavy atom. The molecule has 6 heteroatoms. The van der Waals surface area contributed by atoms with Gasteiger partial charge >= 0.3 is 6.09 Å². The first-order valence-corrected chi connectivity index (χ1v) is 8.96. The molecule has 2 N–H and O–H groups in total. The smallest absolute Gasteiger partial charge is 0.410 e. The number of rotatable bonds is 1. The van der Waals surface area contributed by atoms with Gasteiger partial charge in [-0.2, -0.15) is 0 Å². The fourth-order valence-corrected chi connectivity index (χ4v) is 3.21. The number of carbonyl (C=O) groups is 1. The zero-order valence-corrected chi connectivity index (χ0v) is 16.3. The van der Waals surface area contributed by atoms with Gasteiger partial charge in [0.25, 0.3) is 0 Å². The molecule has 2 atom stereocenters. The average molecular weight is 434 g/mol. The Morgan fingerprint density at radius 3 is 2.59 bits per heavy atom. The SMILES string of the molecule is CC(C)(C)OC(=O)N1CCC(N)CC1c1ccc(Br)c(Br)c1. The molecule has 22 heavy (non-hydrogen) atoms. The van der Waals surface area contributed by atoms with Crippen molar-refractivity contribution in [2.45, 2.75) is 51.3 Å². The molecule has 1 aliphatic rings. The van der Waals surface area contributed by atoms with Crippen LogP contribution in [-0.2, 0) is 4.74 Å². The Hall–Kier alpha value is -0.590. The summed E-state index contributed by atoms with van der Waals surface area (Å²) in [4.78, 5) is 14.3. The summed E-state index contributed by atoms with van der Waals surface area (Å²) in [5.41, 5.74) is 6.69. The van der Waals surface area contributed by atoms with Gasteiger partial charge < -0.3 is 15.4 Å². The predicted molar refractivity (Wildman–Crippen MR) is 94.7 cm³/mol. The summed E-state index contributed by atoms with van der Waals surface area (Å²) in [6.07, 6.45) is 1.27. The van der Waals surface area contributed by atoms with E-state index in [0.717, 1.165) is 27.4 Å². The molecule has 1 aliphatic heterocycles. The monoisotopic (exact) mass is 432 g/mol. The van der Waals surface area contributed by atoms with Gasteiger partial charge in [-0.15, -0.1) is 0 Å². The van der Waals surface area contributed by atoms with E-state index in [0.29, 0.717) is 6.54 Å². The summed E-state index contributed by atoms with van der Waals surface area (Å²) < 4.78 is 7.50. The minimum Gasteiger partial charge on any atom is -0.444 e. The molecule has 0 saturated carbocycles. The van der Waals surface area contributed by atoms with Gasteiger partial charge in [0.15, 0.2) is 0 Å². The third-order valence-electron chi connectivity index (χ3n) is 3.60. The Balaban J connectivity index is 2.26. The molecule has 1 fully saturated rings. The van der Waals surface area contributed by atoms with E-state index in [9.17, 15) is 4.79 Å². The van der Waals surface area contributed by atoms with E-state index >= 15 is 0 Å². The summed E-state index contributed by atoms with van der Waals surface area (Å²) >= 11 is 6.99. The minimum atomic E-state index is -0.499. The largest absolute Gasteiger partial charge is 0.444 e. The van der Waals surface area contributed by atoms with E-state index in [4.69, 9.17) is 10.5 Å². The van der Waals surface area contributed by atoms with Crippen LogP contribution in [0, 0.1) is 0 Å². The van der Waals surface area contributed by atoms with Crippen LogP contribution in [0.25, 0.3) is 0 Å². The maximum Gasteiger partial charge on any atom is 0.410 e. The van der Waals surface area contributed by atoms with Crippen molar-refractivity contribution < 1.29 is 9.53 Å². The van der Waals surface area contributed by atoms with Gasteiger partial charge in [0.2, 0.25) is 0 Å². The number of carbonyl (C=O) groups excluding carboxylic acids is 1. The number of nitrogens with zero attached hydrogens (tertiary/aromatic N) is 1. The standard InChI is InChI=1S/C16H22Br2N2O2/c1-16(2,3)22-15(21)20-7-6-11(19)9-14(20)10-4-5-12(17)13(18)8-10/h4-5,8,11,14H,6-7,9,19H2,1-3H3. The summed E-state index contributed by atoms with van der Waals surface area (Å²) in [5, 5.41) is 0. The summed E-state index contributed by atoms with van der Waals surface area (Å²) in [5.74, 6) is 0.